The van der Waals surface area contributed by atoms with Gasteiger partial charge in [0.25, 0.3) is 5.91 Å². The molecule has 3 aromatic rings. The average molecular weight is 399 g/mol. The number of carbonyl (C=O) groups excluding carboxylic acids is 1. The minimum atomic E-state index is 0.0994. The van der Waals surface area contributed by atoms with Crippen LogP contribution < -0.4 is 10.6 Å². The SMILES string of the molecule is O=C(c1ccccc1NCc1ccccn1)N1C[C@@H]2CNC[C@@H]2[C@@H]1c1ccccc1. The third-order valence-electron chi connectivity index (χ3n) is 6.31. The molecule has 2 aromatic carbocycles. The zero-order chi connectivity index (χ0) is 20.3. The fraction of sp³-hybridized carbons (Fsp3) is 0.280. The first-order valence-corrected chi connectivity index (χ1v) is 10.6. The fourth-order valence-corrected chi connectivity index (χ4v) is 4.87. The molecule has 0 aliphatic carbocycles. The van der Waals surface area contributed by atoms with E-state index < -0.39 is 0 Å². The molecule has 0 saturated carbocycles. The number of fused-ring (bicyclic) bond motifs is 1. The van der Waals surface area contributed by atoms with Crippen LogP contribution in [0.4, 0.5) is 5.69 Å². The Balaban J connectivity index is 1.42. The molecule has 152 valence electrons. The Morgan fingerprint density at radius 1 is 1.00 bits per heavy atom. The number of anilines is 1. The molecule has 5 nitrogen and oxygen atoms in total. The molecule has 0 bridgehead atoms. The van der Waals surface area contributed by atoms with Gasteiger partial charge in [0.05, 0.1) is 23.8 Å². The van der Waals surface area contributed by atoms with E-state index in [9.17, 15) is 4.79 Å². The zero-order valence-electron chi connectivity index (χ0n) is 16.9. The molecule has 1 aromatic heterocycles. The lowest BCUT2D eigenvalue weighted by molar-refractivity contribution is 0.0715. The van der Waals surface area contributed by atoms with E-state index in [2.05, 4.69) is 44.8 Å². The normalized spacial score (nSPS) is 22.7. The van der Waals surface area contributed by atoms with Crippen molar-refractivity contribution < 1.29 is 4.79 Å². The first kappa shape index (κ1) is 18.8. The molecular formula is C25H26N4O. The summed E-state index contributed by atoms with van der Waals surface area (Å²) in [4.78, 5) is 20.2. The smallest absolute Gasteiger partial charge is 0.256 e. The Kier molecular flexibility index (Phi) is 5.20. The Morgan fingerprint density at radius 3 is 2.63 bits per heavy atom. The third kappa shape index (κ3) is 3.57. The predicted octanol–water partition coefficient (Wildman–Crippen LogP) is 3.73. The maximum atomic E-state index is 13.7. The highest BCUT2D eigenvalue weighted by Gasteiger charge is 2.47. The highest BCUT2D eigenvalue weighted by atomic mass is 16.2. The molecule has 2 N–H and O–H groups in total. The first-order valence-electron chi connectivity index (χ1n) is 10.6. The van der Waals surface area contributed by atoms with Gasteiger partial charge in [-0.15, -0.1) is 0 Å². The van der Waals surface area contributed by atoms with Crippen LogP contribution in [0.5, 0.6) is 0 Å². The van der Waals surface area contributed by atoms with Crippen molar-refractivity contribution in [1.29, 1.82) is 0 Å². The number of nitrogens with one attached hydrogen (secondary N) is 2. The summed E-state index contributed by atoms with van der Waals surface area (Å²) in [5.74, 6) is 1.07. The van der Waals surface area contributed by atoms with Gasteiger partial charge in [-0.3, -0.25) is 9.78 Å². The van der Waals surface area contributed by atoms with Gasteiger partial charge in [-0.2, -0.15) is 0 Å². The van der Waals surface area contributed by atoms with Crippen LogP contribution in [-0.4, -0.2) is 35.4 Å². The molecule has 2 aliphatic rings. The van der Waals surface area contributed by atoms with Crippen LogP contribution in [0.2, 0.25) is 0 Å². The number of amides is 1. The van der Waals surface area contributed by atoms with E-state index in [1.807, 2.05) is 48.5 Å². The summed E-state index contributed by atoms with van der Waals surface area (Å²) < 4.78 is 0. The van der Waals surface area contributed by atoms with Crippen LogP contribution in [0.3, 0.4) is 0 Å². The highest BCUT2D eigenvalue weighted by molar-refractivity contribution is 6.00. The quantitative estimate of drug-likeness (QED) is 0.688. The van der Waals surface area contributed by atoms with Gasteiger partial charge in [-0.05, 0) is 35.7 Å². The number of hydrogen-bond acceptors (Lipinski definition) is 4. The predicted molar refractivity (Wildman–Crippen MR) is 118 cm³/mol. The molecule has 2 fully saturated rings. The summed E-state index contributed by atoms with van der Waals surface area (Å²) in [5, 5.41) is 6.93. The van der Waals surface area contributed by atoms with E-state index in [1.165, 1.54) is 5.56 Å². The van der Waals surface area contributed by atoms with Crippen LogP contribution in [0.15, 0.2) is 79.0 Å². The minimum Gasteiger partial charge on any atom is -0.379 e. The second-order valence-corrected chi connectivity index (χ2v) is 8.12. The van der Waals surface area contributed by atoms with E-state index >= 15 is 0 Å². The van der Waals surface area contributed by atoms with Crippen LogP contribution in [0, 0.1) is 11.8 Å². The summed E-state index contributed by atoms with van der Waals surface area (Å²) in [6, 6.07) is 24.3. The number of likely N-dealkylation sites (tertiary alicyclic amines) is 1. The molecule has 1 amide bonds. The lowest BCUT2D eigenvalue weighted by atomic mass is 9.89. The summed E-state index contributed by atoms with van der Waals surface area (Å²) >= 11 is 0. The topological polar surface area (TPSA) is 57.3 Å². The number of benzene rings is 2. The van der Waals surface area contributed by atoms with Crippen molar-refractivity contribution in [3.63, 3.8) is 0 Å². The molecule has 0 radical (unpaired) electrons. The Labute approximate surface area is 177 Å². The molecule has 0 spiro atoms. The van der Waals surface area contributed by atoms with Crippen molar-refractivity contribution >= 4 is 11.6 Å². The molecule has 0 unspecified atom stereocenters. The summed E-state index contributed by atoms with van der Waals surface area (Å²) in [6.07, 6.45) is 1.79. The second-order valence-electron chi connectivity index (χ2n) is 8.12. The number of rotatable bonds is 5. The van der Waals surface area contributed by atoms with Crippen molar-refractivity contribution in [2.24, 2.45) is 11.8 Å². The fourth-order valence-electron chi connectivity index (χ4n) is 4.87. The Morgan fingerprint density at radius 2 is 1.80 bits per heavy atom. The lowest BCUT2D eigenvalue weighted by Gasteiger charge is -2.29. The van der Waals surface area contributed by atoms with Crippen molar-refractivity contribution in [3.05, 3.63) is 95.8 Å². The molecule has 30 heavy (non-hydrogen) atoms. The van der Waals surface area contributed by atoms with E-state index in [4.69, 9.17) is 0 Å². The Bertz CT molecular complexity index is 1010. The monoisotopic (exact) mass is 398 g/mol. The molecular weight excluding hydrogens is 372 g/mol. The van der Waals surface area contributed by atoms with E-state index in [1.54, 1.807) is 6.20 Å². The van der Waals surface area contributed by atoms with Gasteiger partial charge in [0.15, 0.2) is 0 Å². The van der Waals surface area contributed by atoms with Gasteiger partial charge in [0, 0.05) is 37.4 Å². The van der Waals surface area contributed by atoms with Gasteiger partial charge < -0.3 is 15.5 Å². The van der Waals surface area contributed by atoms with Crippen molar-refractivity contribution in [2.45, 2.75) is 12.6 Å². The van der Waals surface area contributed by atoms with Crippen LogP contribution in [-0.2, 0) is 6.54 Å². The third-order valence-corrected chi connectivity index (χ3v) is 6.31. The van der Waals surface area contributed by atoms with Gasteiger partial charge in [-0.1, -0.05) is 48.5 Å². The van der Waals surface area contributed by atoms with Gasteiger partial charge in [0.2, 0.25) is 0 Å². The van der Waals surface area contributed by atoms with Crippen LogP contribution in [0.25, 0.3) is 0 Å². The van der Waals surface area contributed by atoms with Gasteiger partial charge in [0.1, 0.15) is 0 Å². The standard InChI is InChI=1S/C25H26N4O/c30-25(21-11-4-5-12-23(21)28-15-20-10-6-7-13-27-20)29-17-19-14-26-16-22(19)24(29)18-8-2-1-3-9-18/h1-13,19,22,24,26,28H,14-17H2/t19-,22-,24-/m0/s1. The van der Waals surface area contributed by atoms with Crippen LogP contribution >= 0.6 is 0 Å². The lowest BCUT2D eigenvalue weighted by Crippen LogP contribution is -2.35. The minimum absolute atomic E-state index is 0.0994. The summed E-state index contributed by atoms with van der Waals surface area (Å²) in [7, 11) is 0. The summed E-state index contributed by atoms with van der Waals surface area (Å²) in [5.41, 5.74) is 3.75. The molecule has 3 heterocycles. The van der Waals surface area contributed by atoms with Crippen molar-refractivity contribution in [2.75, 3.05) is 25.0 Å². The van der Waals surface area contributed by atoms with Gasteiger partial charge in [-0.25, -0.2) is 0 Å². The molecule has 5 rings (SSSR count). The maximum Gasteiger partial charge on any atom is 0.256 e. The highest BCUT2D eigenvalue weighted by Crippen LogP contribution is 2.43. The number of carbonyl (C=O) groups is 1. The number of hydrogen-bond donors (Lipinski definition) is 2. The number of para-hydroxylation sites is 1. The van der Waals surface area contributed by atoms with E-state index in [0.29, 0.717) is 18.4 Å². The molecule has 5 heteroatoms. The molecule has 2 aliphatic heterocycles. The summed E-state index contributed by atoms with van der Waals surface area (Å²) in [6.45, 7) is 3.33. The average Bonchev–Trinajstić information content (AvgIpc) is 3.40. The Hall–Kier alpha value is -3.18. The molecule has 2 saturated heterocycles. The number of aromatic nitrogens is 1. The van der Waals surface area contributed by atoms with E-state index in [-0.39, 0.29) is 11.9 Å². The molecule has 3 atom stereocenters. The van der Waals surface area contributed by atoms with Crippen molar-refractivity contribution in [3.8, 4) is 0 Å². The second kappa shape index (κ2) is 8.28. The number of pyridine rings is 1. The van der Waals surface area contributed by atoms with E-state index in [0.717, 1.165) is 36.6 Å². The number of nitrogens with zero attached hydrogens (tertiary/aromatic N) is 2. The largest absolute Gasteiger partial charge is 0.379 e. The maximum absolute atomic E-state index is 13.7. The van der Waals surface area contributed by atoms with Crippen LogP contribution in [0.1, 0.15) is 27.7 Å². The zero-order valence-corrected chi connectivity index (χ0v) is 16.9. The van der Waals surface area contributed by atoms with Gasteiger partial charge >= 0.3 is 0 Å². The first-order chi connectivity index (χ1) is 14.8. The van der Waals surface area contributed by atoms with Crippen molar-refractivity contribution in [1.82, 2.24) is 15.2 Å².